The van der Waals surface area contributed by atoms with Gasteiger partial charge in [-0.25, -0.2) is 9.78 Å². The number of amides is 1. The Kier molecular flexibility index (Phi) is 3.93. The van der Waals surface area contributed by atoms with Crippen LogP contribution in [0.1, 0.15) is 10.4 Å². The van der Waals surface area contributed by atoms with Crippen LogP contribution in [0.3, 0.4) is 0 Å². The molecule has 3 aromatic rings. The lowest BCUT2D eigenvalue weighted by atomic mass is 10.1. The lowest BCUT2D eigenvalue weighted by molar-refractivity contribution is 0.0746. The van der Waals surface area contributed by atoms with E-state index in [1.165, 1.54) is 6.26 Å². The molecule has 0 spiro atoms. The van der Waals surface area contributed by atoms with Crippen molar-refractivity contribution in [3.05, 3.63) is 70.9 Å². The number of anilines is 1. The van der Waals surface area contributed by atoms with Gasteiger partial charge in [0.15, 0.2) is 0 Å². The molecule has 0 N–H and O–H groups in total. The van der Waals surface area contributed by atoms with Crippen molar-refractivity contribution in [1.29, 1.82) is 0 Å². The second kappa shape index (κ2) is 6.39. The Morgan fingerprint density at radius 2 is 1.68 bits per heavy atom. The monoisotopic (exact) mass is 335 g/mol. The van der Waals surface area contributed by atoms with Crippen LogP contribution in [0.25, 0.3) is 10.8 Å². The molecule has 25 heavy (non-hydrogen) atoms. The summed E-state index contributed by atoms with van der Waals surface area (Å²) in [7, 11) is 0. The molecule has 4 rings (SSSR count). The van der Waals surface area contributed by atoms with Gasteiger partial charge in [-0.05, 0) is 18.2 Å². The zero-order valence-corrected chi connectivity index (χ0v) is 13.6. The molecule has 0 saturated carbocycles. The molecular formula is C19H17N3O3. The average Bonchev–Trinajstić information content (AvgIpc) is 2.69. The normalized spacial score (nSPS) is 14.7. The summed E-state index contributed by atoms with van der Waals surface area (Å²) in [5, 5.41) is 1.07. The van der Waals surface area contributed by atoms with E-state index in [2.05, 4.69) is 9.88 Å². The van der Waals surface area contributed by atoms with Crippen molar-refractivity contribution in [3.8, 4) is 0 Å². The summed E-state index contributed by atoms with van der Waals surface area (Å²) in [6.45, 7) is 2.64. The van der Waals surface area contributed by atoms with Gasteiger partial charge in [0.1, 0.15) is 12.1 Å². The predicted molar refractivity (Wildman–Crippen MR) is 94.8 cm³/mol. The minimum Gasteiger partial charge on any atom is -0.430 e. The molecule has 6 heteroatoms. The largest absolute Gasteiger partial charge is 0.430 e. The summed E-state index contributed by atoms with van der Waals surface area (Å²) in [5.41, 5.74) is 0.00797. The molecule has 1 aliphatic heterocycles. The van der Waals surface area contributed by atoms with E-state index in [1.54, 1.807) is 29.3 Å². The van der Waals surface area contributed by atoms with Crippen LogP contribution in [0.5, 0.6) is 0 Å². The smallest absolute Gasteiger partial charge is 0.343 e. The van der Waals surface area contributed by atoms with E-state index in [0.29, 0.717) is 29.4 Å². The van der Waals surface area contributed by atoms with Gasteiger partial charge in [0.25, 0.3) is 5.91 Å². The highest BCUT2D eigenvalue weighted by Gasteiger charge is 2.24. The quantitative estimate of drug-likeness (QED) is 0.718. The van der Waals surface area contributed by atoms with Gasteiger partial charge in [0.2, 0.25) is 0 Å². The molecule has 1 fully saturated rings. The van der Waals surface area contributed by atoms with Gasteiger partial charge in [0.05, 0.1) is 10.9 Å². The third-order valence-electron chi connectivity index (χ3n) is 4.49. The summed E-state index contributed by atoms with van der Waals surface area (Å²) >= 11 is 0. The maximum Gasteiger partial charge on any atom is 0.343 e. The first kappa shape index (κ1) is 15.4. The van der Waals surface area contributed by atoms with Crippen molar-refractivity contribution in [2.45, 2.75) is 0 Å². The van der Waals surface area contributed by atoms with Crippen molar-refractivity contribution >= 4 is 22.5 Å². The second-order valence-corrected chi connectivity index (χ2v) is 5.95. The number of carbonyl (C=O) groups is 1. The van der Waals surface area contributed by atoms with Gasteiger partial charge in [-0.2, -0.15) is 0 Å². The van der Waals surface area contributed by atoms with Gasteiger partial charge in [-0.15, -0.1) is 0 Å². The summed E-state index contributed by atoms with van der Waals surface area (Å²) in [5.74, 6) is 0.811. The van der Waals surface area contributed by atoms with Gasteiger partial charge in [0, 0.05) is 37.8 Å². The number of nitrogens with zero attached hydrogens (tertiary/aromatic N) is 3. The fraction of sp³-hybridized carbons (Fsp3) is 0.211. The molecule has 1 saturated heterocycles. The Balaban J connectivity index is 1.55. The summed E-state index contributed by atoms with van der Waals surface area (Å²) in [6, 6.07) is 12.9. The Morgan fingerprint density at radius 3 is 2.40 bits per heavy atom. The molecule has 1 aliphatic rings. The highest BCUT2D eigenvalue weighted by atomic mass is 16.4. The van der Waals surface area contributed by atoms with Crippen LogP contribution < -0.4 is 10.5 Å². The maximum absolute atomic E-state index is 12.9. The molecule has 0 atom stereocenters. The Morgan fingerprint density at radius 1 is 0.960 bits per heavy atom. The summed E-state index contributed by atoms with van der Waals surface area (Å²) in [4.78, 5) is 33.0. The molecule has 126 valence electrons. The second-order valence-electron chi connectivity index (χ2n) is 5.95. The van der Waals surface area contributed by atoms with E-state index in [1.807, 2.05) is 24.3 Å². The third kappa shape index (κ3) is 2.87. The van der Waals surface area contributed by atoms with Gasteiger partial charge in [-0.1, -0.05) is 24.3 Å². The first-order valence-electron chi connectivity index (χ1n) is 8.20. The number of rotatable bonds is 2. The summed E-state index contributed by atoms with van der Waals surface area (Å²) < 4.78 is 5.05. The highest BCUT2D eigenvalue weighted by molar-refractivity contribution is 6.06. The van der Waals surface area contributed by atoms with Gasteiger partial charge >= 0.3 is 5.63 Å². The number of benzene rings is 1. The fourth-order valence-corrected chi connectivity index (χ4v) is 3.15. The number of piperazine rings is 1. The van der Waals surface area contributed by atoms with E-state index >= 15 is 0 Å². The van der Waals surface area contributed by atoms with E-state index < -0.39 is 5.63 Å². The van der Waals surface area contributed by atoms with Crippen LogP contribution in [0, 0.1) is 0 Å². The van der Waals surface area contributed by atoms with Crippen molar-refractivity contribution < 1.29 is 9.21 Å². The molecule has 2 aromatic heterocycles. The van der Waals surface area contributed by atoms with Crippen LogP contribution in [0.2, 0.25) is 0 Å². The van der Waals surface area contributed by atoms with E-state index in [9.17, 15) is 9.59 Å². The average molecular weight is 335 g/mol. The van der Waals surface area contributed by atoms with Crippen LogP contribution in [0.15, 0.2) is 64.1 Å². The van der Waals surface area contributed by atoms with Crippen molar-refractivity contribution in [1.82, 2.24) is 9.88 Å². The maximum atomic E-state index is 12.9. The topological polar surface area (TPSA) is 66.7 Å². The highest BCUT2D eigenvalue weighted by Crippen LogP contribution is 2.19. The molecular weight excluding hydrogens is 318 g/mol. The third-order valence-corrected chi connectivity index (χ3v) is 4.49. The first-order valence-corrected chi connectivity index (χ1v) is 8.20. The van der Waals surface area contributed by atoms with Crippen LogP contribution in [-0.4, -0.2) is 42.0 Å². The molecule has 0 bridgehead atoms. The standard InChI is InChI=1S/C19H17N3O3/c23-18(16-13-25-19(24)15-6-2-1-5-14(15)16)22-11-9-21(10-12-22)17-7-3-4-8-20-17/h1-8,13H,9-12H2. The number of hydrogen-bond acceptors (Lipinski definition) is 5. The molecule has 0 aliphatic carbocycles. The first-order chi connectivity index (χ1) is 12.2. The molecule has 6 nitrogen and oxygen atoms in total. The lowest BCUT2D eigenvalue weighted by Gasteiger charge is -2.35. The molecule has 0 radical (unpaired) electrons. The van der Waals surface area contributed by atoms with Crippen LogP contribution in [0.4, 0.5) is 5.82 Å². The van der Waals surface area contributed by atoms with Crippen molar-refractivity contribution in [2.24, 2.45) is 0 Å². The molecule has 1 amide bonds. The number of pyridine rings is 1. The summed E-state index contributed by atoms with van der Waals surface area (Å²) in [6.07, 6.45) is 3.04. The van der Waals surface area contributed by atoms with E-state index in [-0.39, 0.29) is 5.91 Å². The van der Waals surface area contributed by atoms with E-state index in [0.717, 1.165) is 18.9 Å². The minimum atomic E-state index is -0.424. The molecule has 0 unspecified atom stereocenters. The molecule has 3 heterocycles. The Bertz CT molecular complexity index is 960. The van der Waals surface area contributed by atoms with Gasteiger partial charge < -0.3 is 14.2 Å². The number of aromatic nitrogens is 1. The fourth-order valence-electron chi connectivity index (χ4n) is 3.15. The number of fused-ring (bicyclic) bond motifs is 1. The molecule has 1 aromatic carbocycles. The number of hydrogen-bond donors (Lipinski definition) is 0. The Hall–Kier alpha value is -3.15. The number of carbonyl (C=O) groups excluding carboxylic acids is 1. The Labute approximate surface area is 144 Å². The predicted octanol–water partition coefficient (Wildman–Crippen LogP) is 2.15. The minimum absolute atomic E-state index is 0.111. The van der Waals surface area contributed by atoms with Crippen molar-refractivity contribution in [3.63, 3.8) is 0 Å². The van der Waals surface area contributed by atoms with Crippen LogP contribution in [-0.2, 0) is 0 Å². The zero-order chi connectivity index (χ0) is 17.2. The zero-order valence-electron chi connectivity index (χ0n) is 13.6. The van der Waals surface area contributed by atoms with Crippen molar-refractivity contribution in [2.75, 3.05) is 31.1 Å². The van der Waals surface area contributed by atoms with Crippen LogP contribution >= 0.6 is 0 Å². The van der Waals surface area contributed by atoms with E-state index in [4.69, 9.17) is 4.42 Å². The SMILES string of the molecule is O=C(c1coc(=O)c2ccccc12)N1CCN(c2ccccn2)CC1. The van der Waals surface area contributed by atoms with Gasteiger partial charge in [-0.3, -0.25) is 4.79 Å². The lowest BCUT2D eigenvalue weighted by Crippen LogP contribution is -2.49.